The summed E-state index contributed by atoms with van der Waals surface area (Å²) in [6, 6.07) is 12.3. The Morgan fingerprint density at radius 1 is 1.12 bits per heavy atom. The van der Waals surface area contributed by atoms with Crippen LogP contribution < -0.4 is 15.8 Å². The first kappa shape index (κ1) is 19.4. The third-order valence-electron chi connectivity index (χ3n) is 3.63. The summed E-state index contributed by atoms with van der Waals surface area (Å²) in [7, 11) is 1.84. The van der Waals surface area contributed by atoms with Crippen LogP contribution in [0.25, 0.3) is 0 Å². The van der Waals surface area contributed by atoms with Crippen LogP contribution in [0.1, 0.15) is 16.8 Å². The fourth-order valence-corrected chi connectivity index (χ4v) is 2.30. The highest BCUT2D eigenvalue weighted by Crippen LogP contribution is 2.11. The standard InChI is InChI=1S/C19H22FN3O3/c1-23(11-2-12-26-17-9-5-15(20)6-10-17)13-18(24)22-16-7-3-14(4-8-16)19(21)25/h3-10H,2,11-13H2,1H3,(H2,21,25)(H,22,24). The molecule has 0 aliphatic heterocycles. The van der Waals surface area contributed by atoms with Crippen LogP contribution in [-0.4, -0.2) is 43.5 Å². The zero-order valence-electron chi connectivity index (χ0n) is 14.6. The minimum atomic E-state index is -0.509. The highest BCUT2D eigenvalue weighted by Gasteiger charge is 2.08. The second-order valence-electron chi connectivity index (χ2n) is 5.88. The minimum absolute atomic E-state index is 0.154. The average molecular weight is 359 g/mol. The van der Waals surface area contributed by atoms with Crippen molar-refractivity contribution < 1.29 is 18.7 Å². The van der Waals surface area contributed by atoms with Gasteiger partial charge in [0.25, 0.3) is 0 Å². The molecule has 26 heavy (non-hydrogen) atoms. The second kappa shape index (κ2) is 9.53. The summed E-state index contributed by atoms with van der Waals surface area (Å²) in [5.41, 5.74) is 6.17. The third kappa shape index (κ3) is 6.52. The second-order valence-corrected chi connectivity index (χ2v) is 5.88. The molecule has 2 rings (SSSR count). The molecule has 0 fully saturated rings. The first-order valence-electron chi connectivity index (χ1n) is 8.20. The number of halogens is 1. The summed E-state index contributed by atoms with van der Waals surface area (Å²) >= 11 is 0. The average Bonchev–Trinajstić information content (AvgIpc) is 2.60. The van der Waals surface area contributed by atoms with E-state index in [-0.39, 0.29) is 18.3 Å². The molecule has 2 aromatic carbocycles. The number of nitrogens with one attached hydrogen (secondary N) is 1. The first-order valence-corrected chi connectivity index (χ1v) is 8.20. The maximum atomic E-state index is 12.8. The van der Waals surface area contributed by atoms with E-state index in [1.807, 2.05) is 11.9 Å². The summed E-state index contributed by atoms with van der Waals surface area (Å²) < 4.78 is 18.3. The molecule has 0 aliphatic carbocycles. The van der Waals surface area contributed by atoms with Crippen LogP contribution in [0.15, 0.2) is 48.5 Å². The number of nitrogens with two attached hydrogens (primary N) is 1. The van der Waals surface area contributed by atoms with Gasteiger partial charge in [0.2, 0.25) is 11.8 Å². The summed E-state index contributed by atoms with van der Waals surface area (Å²) in [5, 5.41) is 2.76. The van der Waals surface area contributed by atoms with Gasteiger partial charge in [0, 0.05) is 17.8 Å². The lowest BCUT2D eigenvalue weighted by atomic mass is 10.2. The van der Waals surface area contributed by atoms with Gasteiger partial charge in [-0.05, 0) is 62.0 Å². The predicted molar refractivity (Wildman–Crippen MR) is 97.6 cm³/mol. The molecule has 7 heteroatoms. The van der Waals surface area contributed by atoms with Crippen LogP contribution in [0.3, 0.4) is 0 Å². The molecule has 3 N–H and O–H groups in total. The van der Waals surface area contributed by atoms with E-state index in [1.54, 1.807) is 36.4 Å². The van der Waals surface area contributed by atoms with Crippen LogP contribution in [0.2, 0.25) is 0 Å². The predicted octanol–water partition coefficient (Wildman–Crippen LogP) is 2.26. The van der Waals surface area contributed by atoms with Crippen molar-refractivity contribution in [3.63, 3.8) is 0 Å². The first-order chi connectivity index (χ1) is 12.4. The number of amides is 2. The third-order valence-corrected chi connectivity index (χ3v) is 3.63. The van der Waals surface area contributed by atoms with Crippen molar-refractivity contribution in [3.05, 3.63) is 59.9 Å². The Morgan fingerprint density at radius 3 is 2.38 bits per heavy atom. The Hall–Kier alpha value is -2.93. The molecule has 0 heterocycles. The summed E-state index contributed by atoms with van der Waals surface area (Å²) in [4.78, 5) is 24.9. The number of anilines is 1. The number of likely N-dealkylation sites (N-methyl/N-ethyl adjacent to an activating group) is 1. The van der Waals surface area contributed by atoms with Crippen LogP contribution >= 0.6 is 0 Å². The molecule has 138 valence electrons. The molecule has 0 spiro atoms. The van der Waals surface area contributed by atoms with E-state index in [1.165, 1.54) is 12.1 Å². The van der Waals surface area contributed by atoms with Gasteiger partial charge in [-0.1, -0.05) is 0 Å². The highest BCUT2D eigenvalue weighted by molar-refractivity contribution is 5.95. The van der Waals surface area contributed by atoms with Crippen molar-refractivity contribution in [3.8, 4) is 5.75 Å². The zero-order valence-corrected chi connectivity index (χ0v) is 14.6. The van der Waals surface area contributed by atoms with E-state index in [0.29, 0.717) is 30.2 Å². The minimum Gasteiger partial charge on any atom is -0.494 e. The van der Waals surface area contributed by atoms with Crippen molar-refractivity contribution in [1.29, 1.82) is 0 Å². The van der Waals surface area contributed by atoms with E-state index < -0.39 is 5.91 Å². The maximum Gasteiger partial charge on any atom is 0.248 e. The summed E-state index contributed by atoms with van der Waals surface area (Å²) in [5.74, 6) is -0.345. The molecule has 0 aliphatic rings. The van der Waals surface area contributed by atoms with E-state index in [4.69, 9.17) is 10.5 Å². The van der Waals surface area contributed by atoms with Gasteiger partial charge in [0.1, 0.15) is 11.6 Å². The normalized spacial score (nSPS) is 10.6. The van der Waals surface area contributed by atoms with Gasteiger partial charge >= 0.3 is 0 Å². The van der Waals surface area contributed by atoms with Crippen molar-refractivity contribution in [1.82, 2.24) is 4.90 Å². The number of carbonyl (C=O) groups excluding carboxylic acids is 2. The highest BCUT2D eigenvalue weighted by atomic mass is 19.1. The van der Waals surface area contributed by atoms with Crippen molar-refractivity contribution in [2.24, 2.45) is 5.73 Å². The number of hydrogen-bond donors (Lipinski definition) is 2. The molecule has 0 bridgehead atoms. The van der Waals surface area contributed by atoms with Crippen molar-refractivity contribution in [2.75, 3.05) is 32.1 Å². The van der Waals surface area contributed by atoms with Gasteiger partial charge in [-0.2, -0.15) is 0 Å². The van der Waals surface area contributed by atoms with Crippen LogP contribution in [0.5, 0.6) is 5.75 Å². The van der Waals surface area contributed by atoms with Gasteiger partial charge in [-0.25, -0.2) is 4.39 Å². The Labute approximate surface area is 151 Å². The Bertz CT molecular complexity index is 733. The molecular formula is C19H22FN3O3. The number of nitrogens with zero attached hydrogens (tertiary/aromatic N) is 1. The molecule has 0 saturated carbocycles. The van der Waals surface area contributed by atoms with Gasteiger partial charge in [0.05, 0.1) is 13.2 Å². The van der Waals surface area contributed by atoms with E-state index in [0.717, 1.165) is 6.42 Å². The quantitative estimate of drug-likeness (QED) is 0.673. The number of hydrogen-bond acceptors (Lipinski definition) is 4. The van der Waals surface area contributed by atoms with Gasteiger partial charge in [-0.15, -0.1) is 0 Å². The number of rotatable bonds is 9. The summed E-state index contributed by atoms with van der Waals surface area (Å²) in [6.45, 7) is 1.38. The molecule has 0 aromatic heterocycles. The largest absolute Gasteiger partial charge is 0.494 e. The molecule has 0 atom stereocenters. The van der Waals surface area contributed by atoms with Gasteiger partial charge in [0.15, 0.2) is 0 Å². The topological polar surface area (TPSA) is 84.7 Å². The van der Waals surface area contributed by atoms with E-state index >= 15 is 0 Å². The smallest absolute Gasteiger partial charge is 0.248 e. The zero-order chi connectivity index (χ0) is 18.9. The monoisotopic (exact) mass is 359 g/mol. The van der Waals surface area contributed by atoms with Gasteiger partial charge in [-0.3, -0.25) is 14.5 Å². The molecule has 0 unspecified atom stereocenters. The maximum absolute atomic E-state index is 12.8. The SMILES string of the molecule is CN(CCCOc1ccc(F)cc1)CC(=O)Nc1ccc(C(N)=O)cc1. The van der Waals surface area contributed by atoms with Crippen LogP contribution in [0, 0.1) is 5.82 Å². The Morgan fingerprint density at radius 2 is 1.77 bits per heavy atom. The fraction of sp³-hybridized carbons (Fsp3) is 0.263. The molecule has 2 amide bonds. The molecule has 0 saturated heterocycles. The van der Waals surface area contributed by atoms with Crippen molar-refractivity contribution >= 4 is 17.5 Å². The Balaban J connectivity index is 1.66. The Kier molecular flexibility index (Phi) is 7.11. The molecular weight excluding hydrogens is 337 g/mol. The number of carbonyl (C=O) groups is 2. The molecule has 6 nitrogen and oxygen atoms in total. The lowest BCUT2D eigenvalue weighted by molar-refractivity contribution is -0.117. The van der Waals surface area contributed by atoms with Crippen LogP contribution in [0.4, 0.5) is 10.1 Å². The number of primary amides is 1. The fourth-order valence-electron chi connectivity index (χ4n) is 2.30. The van der Waals surface area contributed by atoms with Crippen LogP contribution in [-0.2, 0) is 4.79 Å². The summed E-state index contributed by atoms with van der Waals surface area (Å²) in [6.07, 6.45) is 0.731. The number of benzene rings is 2. The number of ether oxygens (including phenoxy) is 1. The van der Waals surface area contributed by atoms with Crippen molar-refractivity contribution in [2.45, 2.75) is 6.42 Å². The van der Waals surface area contributed by atoms with Gasteiger partial charge < -0.3 is 15.8 Å². The lowest BCUT2D eigenvalue weighted by Crippen LogP contribution is -2.31. The van der Waals surface area contributed by atoms with E-state index in [9.17, 15) is 14.0 Å². The molecule has 2 aromatic rings. The molecule has 0 radical (unpaired) electrons. The van der Waals surface area contributed by atoms with E-state index in [2.05, 4.69) is 5.32 Å². The lowest BCUT2D eigenvalue weighted by Gasteiger charge is -2.16.